The fraction of sp³-hybridized carbons (Fsp3) is 0.955. The van der Waals surface area contributed by atoms with Crippen LogP contribution in [0.25, 0.3) is 0 Å². The first-order chi connectivity index (χ1) is 37.0. The van der Waals surface area contributed by atoms with E-state index in [0.717, 1.165) is 38.5 Å². The van der Waals surface area contributed by atoms with Crippen molar-refractivity contribution in [2.24, 2.45) is 0 Å². The van der Waals surface area contributed by atoms with Crippen LogP contribution in [0, 0.1) is 0 Å². The molecule has 0 rings (SSSR count). The van der Waals surface area contributed by atoms with Gasteiger partial charge in [0.1, 0.15) is 13.2 Å². The van der Waals surface area contributed by atoms with Crippen molar-refractivity contribution in [2.45, 2.75) is 373 Å². The van der Waals surface area contributed by atoms with Gasteiger partial charge in [0.25, 0.3) is 7.82 Å². The molecule has 9 heteroatoms. The number of quaternary nitrogens is 1. The molecule has 0 spiro atoms. The van der Waals surface area contributed by atoms with Crippen LogP contribution >= 0.6 is 7.82 Å². The van der Waals surface area contributed by atoms with Crippen LogP contribution in [0.5, 0.6) is 0 Å². The average Bonchev–Trinajstić information content (AvgIpc) is 3.38. The van der Waals surface area contributed by atoms with Gasteiger partial charge in [-0.05, 0) is 38.5 Å². The number of unbranched alkanes of at least 4 members (excludes halogenated alkanes) is 49. The van der Waals surface area contributed by atoms with Crippen LogP contribution in [0.4, 0.5) is 0 Å². The first-order valence-electron chi connectivity index (χ1n) is 34.0. The van der Waals surface area contributed by atoms with Gasteiger partial charge in [-0.3, -0.25) is 9.36 Å². The minimum absolute atomic E-state index is 0.0150. The first kappa shape index (κ1) is 75.2. The third kappa shape index (κ3) is 60.9. The number of carbonyl (C=O) groups excluding carboxylic acids is 1. The lowest BCUT2D eigenvalue weighted by Crippen LogP contribution is -2.46. The van der Waals surface area contributed by atoms with Gasteiger partial charge in [0, 0.05) is 6.42 Å². The molecule has 0 radical (unpaired) electrons. The van der Waals surface area contributed by atoms with Gasteiger partial charge in [-0.15, -0.1) is 0 Å². The van der Waals surface area contributed by atoms with E-state index in [1.807, 2.05) is 21.1 Å². The molecule has 454 valence electrons. The number of hydrogen-bond acceptors (Lipinski definition) is 6. The maximum Gasteiger partial charge on any atom is 0.268 e. The predicted molar refractivity (Wildman–Crippen MR) is 330 cm³/mol. The minimum Gasteiger partial charge on any atom is -0.756 e. The predicted octanol–water partition coefficient (Wildman–Crippen LogP) is 20.7. The fourth-order valence-electron chi connectivity index (χ4n) is 10.7. The van der Waals surface area contributed by atoms with Crippen molar-refractivity contribution in [1.82, 2.24) is 5.32 Å². The Kier molecular flexibility index (Phi) is 58.3. The zero-order valence-corrected chi connectivity index (χ0v) is 52.9. The Labute approximate surface area is 475 Å². The molecule has 0 aliphatic rings. The second-order valence-electron chi connectivity index (χ2n) is 24.9. The van der Waals surface area contributed by atoms with E-state index in [9.17, 15) is 19.4 Å². The zero-order chi connectivity index (χ0) is 55.6. The van der Waals surface area contributed by atoms with Gasteiger partial charge in [0.2, 0.25) is 5.91 Å². The number of hydrogen-bond donors (Lipinski definition) is 2. The molecule has 0 saturated carbocycles. The highest BCUT2D eigenvalue weighted by molar-refractivity contribution is 7.45. The summed E-state index contributed by atoms with van der Waals surface area (Å²) >= 11 is 0. The van der Waals surface area contributed by atoms with Crippen molar-refractivity contribution in [3.63, 3.8) is 0 Å². The quantitative estimate of drug-likeness (QED) is 0.0272. The van der Waals surface area contributed by atoms with Gasteiger partial charge in [-0.25, -0.2) is 0 Å². The summed E-state index contributed by atoms with van der Waals surface area (Å²) < 4.78 is 23.5. The molecular weight excluding hydrogens is 960 g/mol. The van der Waals surface area contributed by atoms with Crippen LogP contribution in [-0.2, 0) is 18.4 Å². The SMILES string of the molecule is CCCCCCCCCC/C=C\CCCCCCCCCCCCCC(=O)NC(COP(=O)([O-])OCC[N+](C)(C)C)C(O)CCCCCCCCCCCCCCCCCCCCCCCCCCCCCCCCC. The maximum absolute atomic E-state index is 13.0. The monoisotopic (exact) mass is 1100 g/mol. The molecule has 3 unspecified atom stereocenters. The third-order valence-corrected chi connectivity index (χ3v) is 17.0. The van der Waals surface area contributed by atoms with Crippen LogP contribution in [-0.4, -0.2) is 68.5 Å². The van der Waals surface area contributed by atoms with Gasteiger partial charge in [-0.2, -0.15) is 0 Å². The molecule has 1 amide bonds. The molecule has 0 aliphatic heterocycles. The summed E-state index contributed by atoms with van der Waals surface area (Å²) in [4.78, 5) is 25.6. The van der Waals surface area contributed by atoms with E-state index in [2.05, 4.69) is 31.3 Å². The van der Waals surface area contributed by atoms with E-state index in [-0.39, 0.29) is 19.1 Å². The van der Waals surface area contributed by atoms with E-state index >= 15 is 0 Å². The van der Waals surface area contributed by atoms with E-state index in [0.29, 0.717) is 23.9 Å². The normalized spacial score (nSPS) is 13.7. The molecule has 3 atom stereocenters. The number of phosphoric ester groups is 1. The molecule has 0 heterocycles. The Morgan fingerprint density at radius 3 is 1.03 bits per heavy atom. The van der Waals surface area contributed by atoms with Crippen molar-refractivity contribution >= 4 is 13.7 Å². The molecule has 0 fully saturated rings. The third-order valence-electron chi connectivity index (χ3n) is 16.0. The maximum atomic E-state index is 13.0. The van der Waals surface area contributed by atoms with Crippen molar-refractivity contribution in [3.8, 4) is 0 Å². The number of rotatable bonds is 64. The summed E-state index contributed by atoms with van der Waals surface area (Å²) in [6.45, 7) is 4.78. The summed E-state index contributed by atoms with van der Waals surface area (Å²) in [5, 5.41) is 14.1. The van der Waals surface area contributed by atoms with E-state index < -0.39 is 20.0 Å². The number of allylic oxidation sites excluding steroid dienone is 2. The van der Waals surface area contributed by atoms with E-state index in [1.165, 1.54) is 295 Å². The molecular formula is C67H135N2O6P. The van der Waals surface area contributed by atoms with E-state index in [1.54, 1.807) is 0 Å². The van der Waals surface area contributed by atoms with Crippen LogP contribution in [0.15, 0.2) is 12.2 Å². The summed E-state index contributed by atoms with van der Waals surface area (Å²) in [5.74, 6) is -0.158. The second-order valence-corrected chi connectivity index (χ2v) is 26.3. The number of phosphoric acid groups is 1. The second kappa shape index (κ2) is 58.9. The van der Waals surface area contributed by atoms with Gasteiger partial charge in [-0.1, -0.05) is 328 Å². The minimum atomic E-state index is -4.58. The Hall–Kier alpha value is -0.760. The topological polar surface area (TPSA) is 108 Å². The Bertz CT molecular complexity index is 1240. The lowest BCUT2D eigenvalue weighted by molar-refractivity contribution is -0.870. The number of amides is 1. The molecule has 2 N–H and O–H groups in total. The summed E-state index contributed by atoms with van der Waals surface area (Å²) in [6, 6.07) is -0.800. The first-order valence-corrected chi connectivity index (χ1v) is 35.5. The summed E-state index contributed by atoms with van der Waals surface area (Å²) in [5.41, 5.74) is 0. The van der Waals surface area contributed by atoms with Gasteiger partial charge in [0.05, 0.1) is 39.9 Å². The zero-order valence-electron chi connectivity index (χ0n) is 52.0. The van der Waals surface area contributed by atoms with Crippen LogP contribution in [0.2, 0.25) is 0 Å². The molecule has 8 nitrogen and oxygen atoms in total. The van der Waals surface area contributed by atoms with Crippen molar-refractivity contribution in [1.29, 1.82) is 0 Å². The van der Waals surface area contributed by atoms with Crippen molar-refractivity contribution in [3.05, 3.63) is 12.2 Å². The number of aliphatic hydroxyl groups excluding tert-OH is 1. The summed E-state index contributed by atoms with van der Waals surface area (Å²) in [6.07, 6.45) is 74.2. The molecule has 0 aromatic heterocycles. The number of nitrogens with zero attached hydrogens (tertiary/aromatic N) is 1. The van der Waals surface area contributed by atoms with Crippen LogP contribution < -0.4 is 10.2 Å². The molecule has 76 heavy (non-hydrogen) atoms. The fourth-order valence-corrected chi connectivity index (χ4v) is 11.4. The highest BCUT2D eigenvalue weighted by atomic mass is 31.2. The number of carbonyl (C=O) groups is 1. The average molecular weight is 1100 g/mol. The molecule has 0 saturated heterocycles. The molecule has 0 aromatic carbocycles. The van der Waals surface area contributed by atoms with E-state index in [4.69, 9.17) is 9.05 Å². The molecule has 0 aromatic rings. The van der Waals surface area contributed by atoms with Gasteiger partial charge < -0.3 is 28.8 Å². The highest BCUT2D eigenvalue weighted by Gasteiger charge is 2.24. The van der Waals surface area contributed by atoms with Gasteiger partial charge in [0.15, 0.2) is 0 Å². The van der Waals surface area contributed by atoms with Crippen LogP contribution in [0.3, 0.4) is 0 Å². The van der Waals surface area contributed by atoms with Crippen molar-refractivity contribution in [2.75, 3.05) is 40.9 Å². The largest absolute Gasteiger partial charge is 0.756 e. The number of likely N-dealkylation sites (N-methyl/N-ethyl adjacent to an activating group) is 1. The lowest BCUT2D eigenvalue weighted by Gasteiger charge is -2.30. The number of nitrogens with one attached hydrogen (secondary N) is 1. The molecule has 0 aliphatic carbocycles. The lowest BCUT2D eigenvalue weighted by atomic mass is 10.0. The standard InChI is InChI=1S/C67H135N2O6P/c1-6-8-10-12-14-16-18-20-22-24-26-28-30-31-32-33-34-35-36-37-39-40-42-44-46-48-50-52-54-56-58-60-66(70)65(64-75-76(72,73)74-63-62-69(3,4)5)68-67(71)61-59-57-55-53-51-49-47-45-43-41-38-29-27-25-23-21-19-17-15-13-11-9-7-2/h25,27,65-66,70H,6-24,26,28-64H2,1-5H3,(H-,68,71,72,73)/b27-25-. The summed E-state index contributed by atoms with van der Waals surface area (Å²) in [7, 11) is 1.32. The molecule has 0 bridgehead atoms. The Morgan fingerprint density at radius 1 is 0.447 bits per heavy atom. The van der Waals surface area contributed by atoms with Crippen LogP contribution in [0.1, 0.15) is 361 Å². The smallest absolute Gasteiger partial charge is 0.268 e. The Morgan fingerprint density at radius 2 is 0.724 bits per heavy atom. The Balaban J connectivity index is 4.01. The highest BCUT2D eigenvalue weighted by Crippen LogP contribution is 2.38. The van der Waals surface area contributed by atoms with Crippen molar-refractivity contribution < 1.29 is 32.9 Å². The number of aliphatic hydroxyl groups is 1. The van der Waals surface area contributed by atoms with Gasteiger partial charge >= 0.3 is 0 Å².